The van der Waals surface area contributed by atoms with E-state index in [-0.39, 0.29) is 0 Å². The fourth-order valence-corrected chi connectivity index (χ4v) is 0.842. The highest BCUT2D eigenvalue weighted by Crippen LogP contribution is 2.14. The molecule has 1 aliphatic heterocycles. The quantitative estimate of drug-likeness (QED) is 0.488. The molecule has 54 valence electrons. The predicted molar refractivity (Wildman–Crippen MR) is 32.7 cm³/mol. The molecular weight excluding hydrogens is 121 g/mol. The van der Waals surface area contributed by atoms with Crippen LogP contribution in [0.4, 0.5) is 4.39 Å². The standard InChI is InChI=1S/C6H12FNO/c1-5-3-6(7)9-4-8(5)2/h5-6H,3-4H2,1-2H3/t5-,6?/m1/s1. The van der Waals surface area contributed by atoms with Gasteiger partial charge in [0.2, 0.25) is 6.36 Å². The van der Waals surface area contributed by atoms with Crippen molar-refractivity contribution in [2.45, 2.75) is 25.7 Å². The molecule has 0 aromatic heterocycles. The average Bonchev–Trinajstić information content (AvgIpc) is 1.80. The summed E-state index contributed by atoms with van der Waals surface area (Å²) in [5, 5.41) is 0. The van der Waals surface area contributed by atoms with Crippen LogP contribution in [0, 0.1) is 0 Å². The molecule has 1 heterocycles. The van der Waals surface area contributed by atoms with E-state index in [0.29, 0.717) is 19.2 Å². The Kier molecular flexibility index (Phi) is 2.03. The topological polar surface area (TPSA) is 12.5 Å². The van der Waals surface area contributed by atoms with E-state index >= 15 is 0 Å². The molecule has 0 saturated carbocycles. The Morgan fingerprint density at radius 2 is 2.33 bits per heavy atom. The van der Waals surface area contributed by atoms with Crippen LogP contribution in [0.15, 0.2) is 0 Å². The monoisotopic (exact) mass is 133 g/mol. The highest BCUT2D eigenvalue weighted by Gasteiger charge is 2.21. The molecule has 0 aromatic carbocycles. The number of rotatable bonds is 0. The minimum absolute atomic E-state index is 0.314. The van der Waals surface area contributed by atoms with Gasteiger partial charge in [0.25, 0.3) is 0 Å². The van der Waals surface area contributed by atoms with E-state index in [4.69, 9.17) is 4.74 Å². The maximum Gasteiger partial charge on any atom is 0.201 e. The van der Waals surface area contributed by atoms with Crippen molar-refractivity contribution in [1.82, 2.24) is 4.90 Å². The maximum absolute atomic E-state index is 12.4. The summed E-state index contributed by atoms with van der Waals surface area (Å²) in [7, 11) is 1.93. The van der Waals surface area contributed by atoms with Gasteiger partial charge in [0.1, 0.15) is 6.73 Å². The lowest BCUT2D eigenvalue weighted by Crippen LogP contribution is -2.40. The van der Waals surface area contributed by atoms with E-state index < -0.39 is 6.36 Å². The van der Waals surface area contributed by atoms with Gasteiger partial charge in [-0.1, -0.05) is 0 Å². The van der Waals surface area contributed by atoms with Crippen LogP contribution in [0.2, 0.25) is 0 Å². The summed E-state index contributed by atoms with van der Waals surface area (Å²) in [5.41, 5.74) is 0. The minimum Gasteiger partial charge on any atom is -0.332 e. The summed E-state index contributed by atoms with van der Waals surface area (Å²) < 4.78 is 17.1. The van der Waals surface area contributed by atoms with Gasteiger partial charge in [-0.2, -0.15) is 0 Å². The summed E-state index contributed by atoms with van der Waals surface area (Å²) in [6.45, 7) is 2.41. The first-order valence-electron chi connectivity index (χ1n) is 3.16. The Morgan fingerprint density at radius 3 is 2.78 bits per heavy atom. The molecule has 2 atom stereocenters. The fourth-order valence-electron chi connectivity index (χ4n) is 0.842. The van der Waals surface area contributed by atoms with Gasteiger partial charge in [0.15, 0.2) is 0 Å². The Hall–Kier alpha value is -0.150. The van der Waals surface area contributed by atoms with Crippen LogP contribution in [-0.2, 0) is 4.74 Å². The lowest BCUT2D eigenvalue weighted by molar-refractivity contribution is -0.138. The molecule has 0 aliphatic carbocycles. The third-order valence-electron chi connectivity index (χ3n) is 1.74. The molecule has 1 fully saturated rings. The SMILES string of the molecule is C[C@@H]1CC(F)OCN1C. The maximum atomic E-state index is 12.4. The number of hydrogen-bond donors (Lipinski definition) is 0. The summed E-state index contributed by atoms with van der Waals surface area (Å²) in [6.07, 6.45) is -0.549. The Bertz CT molecular complexity index is 99.1. The molecule has 0 bridgehead atoms. The molecule has 9 heavy (non-hydrogen) atoms. The Labute approximate surface area is 54.6 Å². The van der Waals surface area contributed by atoms with Crippen molar-refractivity contribution in [2.24, 2.45) is 0 Å². The summed E-state index contributed by atoms with van der Waals surface area (Å²) >= 11 is 0. The van der Waals surface area contributed by atoms with E-state index in [0.717, 1.165) is 0 Å². The molecule has 1 aliphatic rings. The number of nitrogens with zero attached hydrogens (tertiary/aromatic N) is 1. The van der Waals surface area contributed by atoms with Crippen molar-refractivity contribution >= 4 is 0 Å². The number of halogens is 1. The molecule has 2 nitrogen and oxygen atoms in total. The van der Waals surface area contributed by atoms with E-state index in [9.17, 15) is 4.39 Å². The molecule has 1 saturated heterocycles. The number of alkyl halides is 1. The van der Waals surface area contributed by atoms with Crippen LogP contribution < -0.4 is 0 Å². The smallest absolute Gasteiger partial charge is 0.201 e. The van der Waals surface area contributed by atoms with Crippen LogP contribution in [-0.4, -0.2) is 31.1 Å². The third-order valence-corrected chi connectivity index (χ3v) is 1.74. The van der Waals surface area contributed by atoms with E-state index in [2.05, 4.69) is 0 Å². The van der Waals surface area contributed by atoms with E-state index in [1.807, 2.05) is 18.9 Å². The number of hydrogen-bond acceptors (Lipinski definition) is 2. The molecule has 0 N–H and O–H groups in total. The van der Waals surface area contributed by atoms with Crippen molar-refractivity contribution in [3.05, 3.63) is 0 Å². The third kappa shape index (κ3) is 1.63. The van der Waals surface area contributed by atoms with Crippen molar-refractivity contribution < 1.29 is 9.13 Å². The second-order valence-electron chi connectivity index (χ2n) is 2.55. The van der Waals surface area contributed by atoms with Gasteiger partial charge in [0.05, 0.1) is 0 Å². The minimum atomic E-state index is -1.05. The molecule has 0 spiro atoms. The second kappa shape index (κ2) is 2.62. The molecule has 0 aromatic rings. The van der Waals surface area contributed by atoms with Crippen molar-refractivity contribution in [1.29, 1.82) is 0 Å². The van der Waals surface area contributed by atoms with Crippen LogP contribution in [0.25, 0.3) is 0 Å². The van der Waals surface area contributed by atoms with Crippen molar-refractivity contribution in [3.63, 3.8) is 0 Å². The van der Waals surface area contributed by atoms with Gasteiger partial charge < -0.3 is 4.74 Å². The fraction of sp³-hybridized carbons (Fsp3) is 1.00. The molecular formula is C6H12FNO. The van der Waals surface area contributed by atoms with Crippen LogP contribution >= 0.6 is 0 Å². The normalized spacial score (nSPS) is 39.0. The van der Waals surface area contributed by atoms with E-state index in [1.54, 1.807) is 0 Å². The number of ether oxygens (including phenoxy) is 1. The van der Waals surface area contributed by atoms with Gasteiger partial charge in [-0.15, -0.1) is 0 Å². The van der Waals surface area contributed by atoms with Gasteiger partial charge in [-0.25, -0.2) is 4.39 Å². The predicted octanol–water partition coefficient (Wildman–Crippen LogP) is 0.980. The van der Waals surface area contributed by atoms with Crippen molar-refractivity contribution in [2.75, 3.05) is 13.8 Å². The van der Waals surface area contributed by atoms with Crippen LogP contribution in [0.5, 0.6) is 0 Å². The van der Waals surface area contributed by atoms with Gasteiger partial charge in [-0.05, 0) is 14.0 Å². The summed E-state index contributed by atoms with van der Waals surface area (Å²) in [5.74, 6) is 0. The summed E-state index contributed by atoms with van der Waals surface area (Å²) in [4.78, 5) is 1.98. The highest BCUT2D eigenvalue weighted by molar-refractivity contribution is 4.66. The van der Waals surface area contributed by atoms with Gasteiger partial charge in [-0.3, -0.25) is 4.90 Å². The zero-order valence-electron chi connectivity index (χ0n) is 5.80. The molecule has 0 radical (unpaired) electrons. The molecule has 3 heteroatoms. The average molecular weight is 133 g/mol. The Balaban J connectivity index is 2.35. The highest BCUT2D eigenvalue weighted by atomic mass is 19.1. The van der Waals surface area contributed by atoms with Crippen LogP contribution in [0.3, 0.4) is 0 Å². The summed E-state index contributed by atoms with van der Waals surface area (Å²) in [6, 6.07) is 0.314. The zero-order chi connectivity index (χ0) is 6.85. The first kappa shape index (κ1) is 6.96. The van der Waals surface area contributed by atoms with E-state index in [1.165, 1.54) is 0 Å². The molecule has 1 unspecified atom stereocenters. The lowest BCUT2D eigenvalue weighted by atomic mass is 10.2. The first-order valence-corrected chi connectivity index (χ1v) is 3.16. The molecule has 0 amide bonds. The zero-order valence-corrected chi connectivity index (χ0v) is 5.80. The van der Waals surface area contributed by atoms with Gasteiger partial charge in [0, 0.05) is 12.5 Å². The van der Waals surface area contributed by atoms with Crippen molar-refractivity contribution in [3.8, 4) is 0 Å². The second-order valence-corrected chi connectivity index (χ2v) is 2.55. The largest absolute Gasteiger partial charge is 0.332 e. The molecule has 1 rings (SSSR count). The lowest BCUT2D eigenvalue weighted by Gasteiger charge is -2.31. The first-order chi connectivity index (χ1) is 4.20. The van der Waals surface area contributed by atoms with Crippen LogP contribution in [0.1, 0.15) is 13.3 Å². The Morgan fingerprint density at radius 1 is 1.67 bits per heavy atom. The van der Waals surface area contributed by atoms with Gasteiger partial charge >= 0.3 is 0 Å².